The van der Waals surface area contributed by atoms with Crippen molar-refractivity contribution in [3.8, 4) is 11.8 Å². The van der Waals surface area contributed by atoms with Crippen molar-refractivity contribution >= 4 is 23.8 Å². The van der Waals surface area contributed by atoms with E-state index in [0.717, 1.165) is 33.0 Å². The number of nitriles is 1. The molecule has 9 heteroatoms. The molecule has 8 nitrogen and oxygen atoms in total. The van der Waals surface area contributed by atoms with Crippen LogP contribution < -0.4 is 10.1 Å². The number of ether oxygens (including phenoxy) is 2. The highest BCUT2D eigenvalue weighted by atomic mass is 32.2. The van der Waals surface area contributed by atoms with Gasteiger partial charge in [-0.3, -0.25) is 9.78 Å². The molecule has 2 unspecified atom stereocenters. The molecule has 2 atom stereocenters. The zero-order valence-electron chi connectivity index (χ0n) is 20.5. The molecule has 1 N–H and O–H groups in total. The third-order valence-corrected chi connectivity index (χ3v) is 7.68. The van der Waals surface area contributed by atoms with E-state index in [0.29, 0.717) is 38.8 Å². The molecule has 0 spiro atoms. The second-order valence-corrected chi connectivity index (χ2v) is 10.1. The maximum atomic E-state index is 12.7. The fourth-order valence-electron chi connectivity index (χ4n) is 4.47. The number of hydrogen-bond donors (Lipinski definition) is 1. The average Bonchev–Trinajstić information content (AvgIpc) is 3.24. The molecule has 0 saturated carbocycles. The van der Waals surface area contributed by atoms with Crippen LogP contribution in [0.2, 0.25) is 0 Å². The van der Waals surface area contributed by atoms with Crippen LogP contribution in [0.4, 0.5) is 4.79 Å². The SMILES string of the molecule is COc1ccc(C)cc1CCC(=O)NC1SC2=C(CCN(C(=O)OCCc3ccccn3)C2)C1C#N. The maximum Gasteiger partial charge on any atom is 0.410 e. The van der Waals surface area contributed by atoms with Crippen molar-refractivity contribution in [1.82, 2.24) is 15.2 Å². The van der Waals surface area contributed by atoms with Crippen LogP contribution in [0.5, 0.6) is 5.75 Å². The lowest BCUT2D eigenvalue weighted by Crippen LogP contribution is -2.37. The number of hydrogen-bond acceptors (Lipinski definition) is 7. The topological polar surface area (TPSA) is 105 Å². The molecule has 2 amide bonds. The molecule has 0 bridgehead atoms. The van der Waals surface area contributed by atoms with Crippen LogP contribution in [0.25, 0.3) is 0 Å². The van der Waals surface area contributed by atoms with E-state index in [2.05, 4.69) is 16.4 Å². The highest BCUT2D eigenvalue weighted by molar-refractivity contribution is 8.04. The lowest BCUT2D eigenvalue weighted by Gasteiger charge is -2.27. The highest BCUT2D eigenvalue weighted by Gasteiger charge is 2.40. The molecule has 2 aliphatic rings. The first-order valence-corrected chi connectivity index (χ1v) is 12.9. The first-order chi connectivity index (χ1) is 17.5. The van der Waals surface area contributed by atoms with Gasteiger partial charge in [0.25, 0.3) is 0 Å². The number of benzene rings is 1. The van der Waals surface area contributed by atoms with Crippen LogP contribution in [-0.4, -0.2) is 54.1 Å². The summed E-state index contributed by atoms with van der Waals surface area (Å²) in [6.07, 6.45) is 3.36. The third-order valence-electron chi connectivity index (χ3n) is 6.36. The molecule has 0 fully saturated rings. The van der Waals surface area contributed by atoms with Gasteiger partial charge in [-0.2, -0.15) is 5.26 Å². The number of carbonyl (C=O) groups excluding carboxylic acids is 2. The number of amides is 2. The Morgan fingerprint density at radius 2 is 2.14 bits per heavy atom. The van der Waals surface area contributed by atoms with Gasteiger partial charge in [0.2, 0.25) is 5.91 Å². The van der Waals surface area contributed by atoms with Gasteiger partial charge in [-0.25, -0.2) is 4.79 Å². The van der Waals surface area contributed by atoms with E-state index in [-0.39, 0.29) is 24.0 Å². The second-order valence-electron chi connectivity index (χ2n) is 8.83. The number of pyridine rings is 1. The Kier molecular flexibility index (Phi) is 8.49. The molecule has 188 valence electrons. The van der Waals surface area contributed by atoms with Gasteiger partial charge >= 0.3 is 6.09 Å². The molecular weight excluding hydrogens is 476 g/mol. The number of carbonyl (C=O) groups is 2. The molecule has 1 aromatic carbocycles. The number of methoxy groups -OCH3 is 1. The van der Waals surface area contributed by atoms with Crippen LogP contribution in [0.3, 0.4) is 0 Å². The van der Waals surface area contributed by atoms with Gasteiger partial charge in [-0.05, 0) is 49.1 Å². The molecule has 2 aliphatic heterocycles. The summed E-state index contributed by atoms with van der Waals surface area (Å²) in [7, 11) is 1.62. The summed E-state index contributed by atoms with van der Waals surface area (Å²) in [4.78, 5) is 32.2. The number of nitrogens with one attached hydrogen (secondary N) is 1. The van der Waals surface area contributed by atoms with Crippen molar-refractivity contribution in [2.75, 3.05) is 26.8 Å². The Balaban J connectivity index is 1.28. The molecule has 2 aromatic rings. The predicted molar refractivity (Wildman–Crippen MR) is 137 cm³/mol. The van der Waals surface area contributed by atoms with E-state index in [1.54, 1.807) is 18.2 Å². The lowest BCUT2D eigenvalue weighted by atomic mass is 9.94. The van der Waals surface area contributed by atoms with Gasteiger partial charge < -0.3 is 19.7 Å². The molecule has 1 aromatic heterocycles. The first-order valence-electron chi connectivity index (χ1n) is 12.0. The molecule has 4 rings (SSSR count). The number of rotatable bonds is 8. The van der Waals surface area contributed by atoms with Crippen molar-refractivity contribution in [2.24, 2.45) is 5.92 Å². The van der Waals surface area contributed by atoms with E-state index in [4.69, 9.17) is 9.47 Å². The Morgan fingerprint density at radius 3 is 2.89 bits per heavy atom. The van der Waals surface area contributed by atoms with Crippen LogP contribution >= 0.6 is 11.8 Å². The molecule has 0 saturated heterocycles. The normalized spacial score (nSPS) is 18.9. The van der Waals surface area contributed by atoms with Gasteiger partial charge in [0.15, 0.2) is 0 Å². The molecule has 0 radical (unpaired) electrons. The Labute approximate surface area is 215 Å². The zero-order chi connectivity index (χ0) is 25.5. The van der Waals surface area contributed by atoms with Crippen molar-refractivity contribution in [3.05, 3.63) is 69.9 Å². The third kappa shape index (κ3) is 6.18. The molecular formula is C27H30N4O4S. The van der Waals surface area contributed by atoms with Crippen LogP contribution in [0.15, 0.2) is 53.1 Å². The number of nitrogens with zero attached hydrogens (tertiary/aromatic N) is 3. The Bertz CT molecular complexity index is 1180. The quantitative estimate of drug-likeness (QED) is 0.577. The fraction of sp³-hybridized carbons (Fsp3) is 0.407. The minimum Gasteiger partial charge on any atom is -0.496 e. The Morgan fingerprint density at radius 1 is 1.28 bits per heavy atom. The Hall–Kier alpha value is -3.51. The minimum absolute atomic E-state index is 0.109. The standard InChI is InChI=1S/C27H30N4O4S/c1-18-6-8-23(34-2)19(15-18)7-9-25(32)30-26-22(16-28)21-10-13-31(17-24(21)36-26)27(33)35-14-11-20-5-3-4-12-29-20/h3-6,8,12,15,22,26H,7,9-11,13-14,17H2,1-2H3,(H,30,32). The average molecular weight is 507 g/mol. The number of thioether (sulfide) groups is 1. The van der Waals surface area contributed by atoms with Crippen molar-refractivity contribution in [3.63, 3.8) is 0 Å². The molecule has 3 heterocycles. The van der Waals surface area contributed by atoms with E-state index in [9.17, 15) is 14.9 Å². The van der Waals surface area contributed by atoms with Gasteiger partial charge in [-0.15, -0.1) is 11.8 Å². The smallest absolute Gasteiger partial charge is 0.410 e. The second kappa shape index (κ2) is 12.0. The monoisotopic (exact) mass is 506 g/mol. The molecule has 36 heavy (non-hydrogen) atoms. The summed E-state index contributed by atoms with van der Waals surface area (Å²) >= 11 is 1.47. The summed E-state index contributed by atoms with van der Waals surface area (Å²) in [5.41, 5.74) is 3.99. The minimum atomic E-state index is -0.398. The predicted octanol–water partition coefficient (Wildman–Crippen LogP) is 4.00. The number of aryl methyl sites for hydroxylation is 2. The summed E-state index contributed by atoms with van der Waals surface area (Å²) in [5.74, 6) is 0.259. The van der Waals surface area contributed by atoms with Gasteiger partial charge in [0, 0.05) is 36.2 Å². The van der Waals surface area contributed by atoms with Crippen LogP contribution in [0, 0.1) is 24.2 Å². The van der Waals surface area contributed by atoms with Crippen molar-refractivity contribution < 1.29 is 19.1 Å². The summed E-state index contributed by atoms with van der Waals surface area (Å²) in [6, 6.07) is 13.9. The van der Waals surface area contributed by atoms with Crippen molar-refractivity contribution in [1.29, 1.82) is 5.26 Å². The zero-order valence-corrected chi connectivity index (χ0v) is 21.3. The van der Waals surface area contributed by atoms with Crippen LogP contribution in [-0.2, 0) is 22.4 Å². The van der Waals surface area contributed by atoms with E-state index in [1.165, 1.54) is 11.8 Å². The van der Waals surface area contributed by atoms with Gasteiger partial charge in [0.1, 0.15) is 5.75 Å². The summed E-state index contributed by atoms with van der Waals surface area (Å²) in [6.45, 7) is 3.16. The summed E-state index contributed by atoms with van der Waals surface area (Å²) in [5, 5.41) is 12.5. The van der Waals surface area contributed by atoms with Crippen molar-refractivity contribution in [2.45, 2.75) is 38.0 Å². The van der Waals surface area contributed by atoms with E-state index in [1.807, 2.05) is 43.3 Å². The largest absolute Gasteiger partial charge is 0.496 e. The number of aromatic nitrogens is 1. The van der Waals surface area contributed by atoms with Gasteiger partial charge in [-0.1, -0.05) is 23.8 Å². The first kappa shape index (κ1) is 25.6. The highest BCUT2D eigenvalue weighted by Crippen LogP contribution is 2.44. The van der Waals surface area contributed by atoms with E-state index < -0.39 is 5.92 Å². The lowest BCUT2D eigenvalue weighted by molar-refractivity contribution is -0.121. The summed E-state index contributed by atoms with van der Waals surface area (Å²) < 4.78 is 10.9. The fourth-order valence-corrected chi connectivity index (χ4v) is 5.94. The van der Waals surface area contributed by atoms with E-state index >= 15 is 0 Å². The maximum absolute atomic E-state index is 12.7. The molecule has 0 aliphatic carbocycles. The van der Waals surface area contributed by atoms with Crippen LogP contribution in [0.1, 0.15) is 29.7 Å². The van der Waals surface area contributed by atoms with Gasteiger partial charge in [0.05, 0.1) is 37.6 Å².